The molecule has 0 heterocycles. The summed E-state index contributed by atoms with van der Waals surface area (Å²) in [6.07, 6.45) is -0.345. The smallest absolute Gasteiger partial charge is 0.345 e. The number of nitrogens with two attached hydrogens (primary N) is 1. The summed E-state index contributed by atoms with van der Waals surface area (Å²) in [6.45, 7) is 2.69. The molecule has 114 valence electrons. The van der Waals surface area contributed by atoms with Crippen LogP contribution in [-0.4, -0.2) is 35.6 Å². The van der Waals surface area contributed by atoms with Crippen LogP contribution in [0.2, 0.25) is 0 Å². The van der Waals surface area contributed by atoms with Crippen molar-refractivity contribution < 1.29 is 24.2 Å². The van der Waals surface area contributed by atoms with E-state index in [0.717, 1.165) is 12.2 Å². The van der Waals surface area contributed by atoms with Gasteiger partial charge >= 0.3 is 17.9 Å². The van der Waals surface area contributed by atoms with Gasteiger partial charge in [0.15, 0.2) is 0 Å². The molecule has 0 saturated carbocycles. The van der Waals surface area contributed by atoms with Gasteiger partial charge in [-0.3, -0.25) is 4.79 Å². The van der Waals surface area contributed by atoms with Gasteiger partial charge in [0.1, 0.15) is 6.04 Å². The molecule has 7 nitrogen and oxygen atoms in total. The number of anilines is 1. The van der Waals surface area contributed by atoms with Gasteiger partial charge in [-0.05, 0) is 37.6 Å². The number of rotatable bonds is 7. The Morgan fingerprint density at radius 3 is 2.43 bits per heavy atom. The largest absolute Gasteiger partial charge is 0.481 e. The molecule has 0 amide bonds. The van der Waals surface area contributed by atoms with Crippen LogP contribution in [0.5, 0.6) is 0 Å². The summed E-state index contributed by atoms with van der Waals surface area (Å²) < 4.78 is 4.61. The second kappa shape index (κ2) is 8.01. The van der Waals surface area contributed by atoms with E-state index in [0.29, 0.717) is 0 Å². The number of esters is 2. The van der Waals surface area contributed by atoms with E-state index in [-0.39, 0.29) is 18.4 Å². The molecular formula is C14H18N2O5. The second-order valence-electron chi connectivity index (χ2n) is 4.36. The van der Waals surface area contributed by atoms with E-state index in [1.807, 2.05) is 6.92 Å². The zero-order chi connectivity index (χ0) is 15.8. The highest BCUT2D eigenvalue weighted by atomic mass is 16.6. The SMILES string of the molecule is CCNc1ccc(C(=O)OC(=O)[C@@H](N)CCC(=O)O)cc1. The number of carbonyl (C=O) groups excluding carboxylic acids is 2. The number of nitrogens with one attached hydrogen (secondary N) is 1. The zero-order valence-corrected chi connectivity index (χ0v) is 11.7. The summed E-state index contributed by atoms with van der Waals surface area (Å²) in [5.41, 5.74) is 6.52. The van der Waals surface area contributed by atoms with Crippen LogP contribution in [0.15, 0.2) is 24.3 Å². The first-order chi connectivity index (χ1) is 9.93. The first kappa shape index (κ1) is 16.6. The predicted molar refractivity (Wildman–Crippen MR) is 75.9 cm³/mol. The Morgan fingerprint density at radius 2 is 1.90 bits per heavy atom. The summed E-state index contributed by atoms with van der Waals surface area (Å²) in [6, 6.07) is 5.29. The molecule has 7 heteroatoms. The third kappa shape index (κ3) is 5.62. The Kier molecular flexibility index (Phi) is 6.35. The van der Waals surface area contributed by atoms with Crippen molar-refractivity contribution in [3.05, 3.63) is 29.8 Å². The van der Waals surface area contributed by atoms with Gasteiger partial charge in [0, 0.05) is 18.7 Å². The molecule has 0 bridgehead atoms. The summed E-state index contributed by atoms with van der Waals surface area (Å²) >= 11 is 0. The molecule has 0 fully saturated rings. The lowest BCUT2D eigenvalue weighted by molar-refractivity contribution is -0.140. The molecule has 1 rings (SSSR count). The predicted octanol–water partition coefficient (Wildman–Crippen LogP) is 0.994. The quantitative estimate of drug-likeness (QED) is 0.507. The fraction of sp³-hybridized carbons (Fsp3) is 0.357. The van der Waals surface area contributed by atoms with Crippen LogP contribution in [0.1, 0.15) is 30.1 Å². The maximum Gasteiger partial charge on any atom is 0.345 e. The van der Waals surface area contributed by atoms with Gasteiger partial charge in [0.05, 0.1) is 5.56 Å². The highest BCUT2D eigenvalue weighted by Gasteiger charge is 2.20. The molecule has 1 aromatic carbocycles. The monoisotopic (exact) mass is 294 g/mol. The average Bonchev–Trinajstić information content (AvgIpc) is 2.45. The molecule has 21 heavy (non-hydrogen) atoms. The van der Waals surface area contributed by atoms with Crippen LogP contribution in [0.25, 0.3) is 0 Å². The van der Waals surface area contributed by atoms with Crippen LogP contribution in [0.4, 0.5) is 5.69 Å². The van der Waals surface area contributed by atoms with Crippen molar-refractivity contribution >= 4 is 23.6 Å². The van der Waals surface area contributed by atoms with E-state index in [4.69, 9.17) is 10.8 Å². The van der Waals surface area contributed by atoms with Gasteiger partial charge in [0.2, 0.25) is 0 Å². The molecule has 1 aromatic rings. The minimum absolute atomic E-state index is 0.0825. The molecular weight excluding hydrogens is 276 g/mol. The van der Waals surface area contributed by atoms with Crippen molar-refractivity contribution in [1.29, 1.82) is 0 Å². The van der Waals surface area contributed by atoms with Crippen LogP contribution < -0.4 is 11.1 Å². The average molecular weight is 294 g/mol. The van der Waals surface area contributed by atoms with Gasteiger partial charge < -0.3 is 20.9 Å². The Labute approximate surface area is 122 Å². The van der Waals surface area contributed by atoms with Gasteiger partial charge in [-0.15, -0.1) is 0 Å². The summed E-state index contributed by atoms with van der Waals surface area (Å²) in [5, 5.41) is 11.6. The van der Waals surface area contributed by atoms with Crippen molar-refractivity contribution in [3.63, 3.8) is 0 Å². The molecule has 0 saturated heterocycles. The van der Waals surface area contributed by atoms with E-state index in [1.165, 1.54) is 12.1 Å². The van der Waals surface area contributed by atoms with Crippen molar-refractivity contribution in [2.75, 3.05) is 11.9 Å². The molecule has 0 aliphatic carbocycles. The maximum atomic E-state index is 11.7. The fourth-order valence-corrected chi connectivity index (χ4v) is 1.55. The lowest BCUT2D eigenvalue weighted by Gasteiger charge is -2.09. The van der Waals surface area contributed by atoms with Crippen molar-refractivity contribution in [3.8, 4) is 0 Å². The lowest BCUT2D eigenvalue weighted by atomic mass is 10.1. The van der Waals surface area contributed by atoms with Crippen LogP contribution in [0, 0.1) is 0 Å². The summed E-state index contributed by atoms with van der Waals surface area (Å²) in [5.74, 6) is -2.81. The molecule has 0 spiro atoms. The minimum atomic E-state index is -1.13. The van der Waals surface area contributed by atoms with Crippen LogP contribution >= 0.6 is 0 Å². The molecule has 4 N–H and O–H groups in total. The normalized spacial score (nSPS) is 11.5. The number of carbonyl (C=O) groups is 3. The Bertz CT molecular complexity index is 513. The Balaban J connectivity index is 2.55. The summed E-state index contributed by atoms with van der Waals surface area (Å²) in [4.78, 5) is 33.6. The van der Waals surface area contributed by atoms with E-state index in [2.05, 4.69) is 10.1 Å². The van der Waals surface area contributed by atoms with E-state index >= 15 is 0 Å². The number of carboxylic acids is 1. The first-order valence-electron chi connectivity index (χ1n) is 6.51. The highest BCUT2D eigenvalue weighted by Crippen LogP contribution is 2.11. The summed E-state index contributed by atoms with van der Waals surface area (Å²) in [7, 11) is 0. The Hall–Kier alpha value is -2.41. The van der Waals surface area contributed by atoms with Crippen molar-refractivity contribution in [2.24, 2.45) is 5.73 Å². The second-order valence-corrected chi connectivity index (χ2v) is 4.36. The third-order valence-electron chi connectivity index (χ3n) is 2.67. The maximum absolute atomic E-state index is 11.7. The zero-order valence-electron chi connectivity index (χ0n) is 11.7. The molecule has 0 aliphatic rings. The number of aliphatic carboxylic acids is 1. The molecule has 0 aliphatic heterocycles. The van der Waals surface area contributed by atoms with E-state index in [1.54, 1.807) is 12.1 Å². The van der Waals surface area contributed by atoms with Gasteiger partial charge in [0.25, 0.3) is 0 Å². The van der Waals surface area contributed by atoms with Gasteiger partial charge in [-0.25, -0.2) is 9.59 Å². The number of hydrogen-bond donors (Lipinski definition) is 3. The van der Waals surface area contributed by atoms with Gasteiger partial charge in [-0.2, -0.15) is 0 Å². The molecule has 0 unspecified atom stereocenters. The van der Waals surface area contributed by atoms with Gasteiger partial charge in [-0.1, -0.05) is 0 Å². The van der Waals surface area contributed by atoms with Crippen molar-refractivity contribution in [2.45, 2.75) is 25.8 Å². The van der Waals surface area contributed by atoms with E-state index < -0.39 is 23.9 Å². The highest BCUT2D eigenvalue weighted by molar-refractivity contribution is 5.98. The van der Waals surface area contributed by atoms with Crippen LogP contribution in [-0.2, 0) is 14.3 Å². The van der Waals surface area contributed by atoms with Crippen LogP contribution in [0.3, 0.4) is 0 Å². The Morgan fingerprint density at radius 1 is 1.29 bits per heavy atom. The third-order valence-corrected chi connectivity index (χ3v) is 2.67. The minimum Gasteiger partial charge on any atom is -0.481 e. The molecule has 0 aromatic heterocycles. The number of carboxylic acid groups (broad SMARTS) is 1. The van der Waals surface area contributed by atoms with E-state index in [9.17, 15) is 14.4 Å². The lowest BCUT2D eigenvalue weighted by Crippen LogP contribution is -2.34. The molecule has 0 radical (unpaired) electrons. The molecule has 1 atom stereocenters. The van der Waals surface area contributed by atoms with Crippen molar-refractivity contribution in [1.82, 2.24) is 0 Å². The first-order valence-corrected chi connectivity index (χ1v) is 6.51. The topological polar surface area (TPSA) is 119 Å². The number of ether oxygens (including phenoxy) is 1. The standard InChI is InChI=1S/C14H18N2O5/c1-2-16-10-5-3-9(4-6-10)13(19)21-14(20)11(15)7-8-12(17)18/h3-6,11,16H,2,7-8,15H2,1H3,(H,17,18)/t11-/m0/s1. The number of benzene rings is 1. The number of hydrogen-bond acceptors (Lipinski definition) is 6. The fourth-order valence-electron chi connectivity index (χ4n) is 1.55.